The van der Waals surface area contributed by atoms with E-state index in [0.29, 0.717) is 6.61 Å². The number of esters is 1. The Morgan fingerprint density at radius 1 is 1.29 bits per heavy atom. The van der Waals surface area contributed by atoms with Crippen LogP contribution in [0.3, 0.4) is 0 Å². The molecule has 1 atom stereocenters. The molecule has 1 N–H and O–H groups in total. The molecule has 1 aliphatic rings. The highest BCUT2D eigenvalue weighted by molar-refractivity contribution is 7.89. The molecule has 0 saturated carbocycles. The number of nitrogens with one attached hydrogen (secondary N) is 1. The molecular formula is C20H22ClNO5S. The van der Waals surface area contributed by atoms with Crippen molar-refractivity contribution in [1.29, 1.82) is 0 Å². The first-order valence-electron chi connectivity index (χ1n) is 8.99. The van der Waals surface area contributed by atoms with Gasteiger partial charge in [0.05, 0.1) is 16.7 Å². The summed E-state index contributed by atoms with van der Waals surface area (Å²) in [6.45, 7) is 2.83. The van der Waals surface area contributed by atoms with Crippen LogP contribution in [0.25, 0.3) is 0 Å². The molecule has 8 heteroatoms. The lowest BCUT2D eigenvalue weighted by Gasteiger charge is -2.13. The Morgan fingerprint density at radius 2 is 2.07 bits per heavy atom. The first-order valence-corrected chi connectivity index (χ1v) is 10.9. The van der Waals surface area contributed by atoms with E-state index < -0.39 is 16.0 Å². The number of ether oxygens (including phenoxy) is 2. The summed E-state index contributed by atoms with van der Waals surface area (Å²) in [6, 6.07) is 11.6. The van der Waals surface area contributed by atoms with Crippen molar-refractivity contribution in [3.05, 3.63) is 64.2 Å². The minimum atomic E-state index is -3.88. The van der Waals surface area contributed by atoms with Crippen LogP contribution in [0.5, 0.6) is 0 Å². The number of halogens is 1. The van der Waals surface area contributed by atoms with Crippen LogP contribution in [0, 0.1) is 6.92 Å². The van der Waals surface area contributed by atoms with Crippen molar-refractivity contribution in [2.45, 2.75) is 37.4 Å². The van der Waals surface area contributed by atoms with Gasteiger partial charge >= 0.3 is 5.97 Å². The van der Waals surface area contributed by atoms with Crippen LogP contribution in [-0.2, 0) is 26.1 Å². The number of rotatable bonds is 7. The minimum Gasteiger partial charge on any atom is -0.457 e. The molecule has 1 heterocycles. The van der Waals surface area contributed by atoms with Crippen LogP contribution < -0.4 is 4.72 Å². The lowest BCUT2D eigenvalue weighted by Crippen LogP contribution is -2.32. The third kappa shape index (κ3) is 5.11. The number of hydrogen-bond donors (Lipinski definition) is 1. The molecule has 1 fully saturated rings. The lowest BCUT2D eigenvalue weighted by molar-refractivity contribution is 0.0472. The Kier molecular flexibility index (Phi) is 6.72. The third-order valence-electron chi connectivity index (χ3n) is 4.60. The Bertz CT molecular complexity index is 955. The second kappa shape index (κ2) is 9.05. The van der Waals surface area contributed by atoms with E-state index in [4.69, 9.17) is 21.1 Å². The highest BCUT2D eigenvalue weighted by Gasteiger charge is 2.23. The van der Waals surface area contributed by atoms with Gasteiger partial charge in [-0.05, 0) is 49.1 Å². The average molecular weight is 424 g/mol. The van der Waals surface area contributed by atoms with Crippen LogP contribution in [0.4, 0.5) is 0 Å². The molecular weight excluding hydrogens is 402 g/mol. The number of carbonyl (C=O) groups is 1. The maximum absolute atomic E-state index is 12.6. The van der Waals surface area contributed by atoms with Crippen LogP contribution in [0.2, 0.25) is 5.02 Å². The van der Waals surface area contributed by atoms with E-state index in [9.17, 15) is 13.2 Å². The van der Waals surface area contributed by atoms with Gasteiger partial charge in [0.15, 0.2) is 0 Å². The molecule has 0 aromatic heterocycles. The topological polar surface area (TPSA) is 81.7 Å². The number of aryl methyl sites for hydroxylation is 1. The number of hydrogen-bond acceptors (Lipinski definition) is 5. The first-order chi connectivity index (χ1) is 13.4. The molecule has 1 aliphatic heterocycles. The monoisotopic (exact) mass is 423 g/mol. The zero-order chi connectivity index (χ0) is 20.1. The van der Waals surface area contributed by atoms with Crippen LogP contribution in [-0.4, -0.2) is 33.6 Å². The third-order valence-corrected chi connectivity index (χ3v) is 6.51. The van der Waals surface area contributed by atoms with Crippen molar-refractivity contribution < 1.29 is 22.7 Å². The van der Waals surface area contributed by atoms with Crippen molar-refractivity contribution >= 4 is 27.6 Å². The van der Waals surface area contributed by atoms with Gasteiger partial charge in [0, 0.05) is 13.2 Å². The van der Waals surface area contributed by atoms with Crippen LogP contribution in [0.1, 0.15) is 34.3 Å². The first kappa shape index (κ1) is 20.8. The van der Waals surface area contributed by atoms with E-state index in [0.717, 1.165) is 24.0 Å². The van der Waals surface area contributed by atoms with Crippen molar-refractivity contribution in [2.75, 3.05) is 13.2 Å². The summed E-state index contributed by atoms with van der Waals surface area (Å²) in [7, 11) is -3.88. The van der Waals surface area contributed by atoms with Crippen molar-refractivity contribution in [1.82, 2.24) is 4.72 Å². The molecule has 1 saturated heterocycles. The summed E-state index contributed by atoms with van der Waals surface area (Å²) >= 11 is 6.07. The maximum atomic E-state index is 12.6. The zero-order valence-electron chi connectivity index (χ0n) is 15.5. The molecule has 3 rings (SSSR count). The van der Waals surface area contributed by atoms with Gasteiger partial charge in [-0.3, -0.25) is 0 Å². The Labute approximate surface area is 169 Å². The summed E-state index contributed by atoms with van der Waals surface area (Å²) in [6.07, 6.45) is 1.58. The molecule has 0 bridgehead atoms. The largest absolute Gasteiger partial charge is 0.457 e. The predicted octanol–water partition coefficient (Wildman–Crippen LogP) is 3.46. The van der Waals surface area contributed by atoms with E-state index in [1.165, 1.54) is 18.2 Å². The van der Waals surface area contributed by atoms with Gasteiger partial charge in [-0.1, -0.05) is 35.9 Å². The lowest BCUT2D eigenvalue weighted by atomic mass is 10.1. The molecule has 2 aromatic rings. The fraction of sp³-hybridized carbons (Fsp3) is 0.350. The molecule has 0 aliphatic carbocycles. The van der Waals surface area contributed by atoms with Crippen molar-refractivity contribution in [3.8, 4) is 0 Å². The van der Waals surface area contributed by atoms with Gasteiger partial charge in [0.2, 0.25) is 10.0 Å². The van der Waals surface area contributed by atoms with E-state index in [2.05, 4.69) is 4.72 Å². The van der Waals surface area contributed by atoms with Gasteiger partial charge in [-0.25, -0.2) is 17.9 Å². The summed E-state index contributed by atoms with van der Waals surface area (Å²) in [4.78, 5) is 12.2. The Hall–Kier alpha value is -1.93. The standard InChI is InChI=1S/C20H22ClNO5S/c1-14-5-2-3-6-16(14)13-27-20(23)15-8-9-18(21)19(11-15)28(24,25)22-12-17-7-4-10-26-17/h2-3,5-6,8-9,11,17,22H,4,7,10,12-13H2,1H3. The second-order valence-electron chi connectivity index (χ2n) is 6.63. The second-order valence-corrected chi connectivity index (χ2v) is 8.78. The molecule has 150 valence electrons. The molecule has 2 aromatic carbocycles. The van der Waals surface area contributed by atoms with Gasteiger partial charge in [0.25, 0.3) is 0 Å². The normalized spacial score (nSPS) is 16.9. The highest BCUT2D eigenvalue weighted by Crippen LogP contribution is 2.24. The quantitative estimate of drug-likeness (QED) is 0.689. The van der Waals surface area contributed by atoms with Crippen molar-refractivity contribution in [3.63, 3.8) is 0 Å². The molecule has 0 amide bonds. The van der Waals surface area contributed by atoms with E-state index in [-0.39, 0.29) is 34.7 Å². The molecule has 28 heavy (non-hydrogen) atoms. The average Bonchev–Trinajstić information content (AvgIpc) is 3.19. The summed E-state index contributed by atoms with van der Waals surface area (Å²) < 4.78 is 38.5. The summed E-state index contributed by atoms with van der Waals surface area (Å²) in [5.41, 5.74) is 2.01. The highest BCUT2D eigenvalue weighted by atomic mass is 35.5. The van der Waals surface area contributed by atoms with Gasteiger partial charge in [0.1, 0.15) is 11.5 Å². The summed E-state index contributed by atoms with van der Waals surface area (Å²) in [5, 5.41) is 0.0373. The zero-order valence-corrected chi connectivity index (χ0v) is 17.1. The van der Waals surface area contributed by atoms with Gasteiger partial charge < -0.3 is 9.47 Å². The Morgan fingerprint density at radius 3 is 2.79 bits per heavy atom. The fourth-order valence-corrected chi connectivity index (χ4v) is 4.51. The number of carbonyl (C=O) groups excluding carboxylic acids is 1. The Balaban J connectivity index is 1.71. The predicted molar refractivity (Wildman–Crippen MR) is 106 cm³/mol. The van der Waals surface area contributed by atoms with Crippen LogP contribution >= 0.6 is 11.6 Å². The van der Waals surface area contributed by atoms with E-state index >= 15 is 0 Å². The van der Waals surface area contributed by atoms with Gasteiger partial charge in [-0.15, -0.1) is 0 Å². The number of benzene rings is 2. The van der Waals surface area contributed by atoms with Crippen LogP contribution in [0.15, 0.2) is 47.4 Å². The molecule has 1 unspecified atom stereocenters. The van der Waals surface area contributed by atoms with Crippen molar-refractivity contribution in [2.24, 2.45) is 0 Å². The maximum Gasteiger partial charge on any atom is 0.338 e. The minimum absolute atomic E-state index is 0.0373. The summed E-state index contributed by atoms with van der Waals surface area (Å²) in [5.74, 6) is -0.615. The van der Waals surface area contributed by atoms with E-state index in [1.807, 2.05) is 31.2 Å². The smallest absolute Gasteiger partial charge is 0.338 e. The molecule has 0 spiro atoms. The van der Waals surface area contributed by atoms with Gasteiger partial charge in [-0.2, -0.15) is 0 Å². The SMILES string of the molecule is Cc1ccccc1COC(=O)c1ccc(Cl)c(S(=O)(=O)NCC2CCCO2)c1. The van der Waals surface area contributed by atoms with E-state index in [1.54, 1.807) is 0 Å². The number of sulfonamides is 1. The fourth-order valence-electron chi connectivity index (χ4n) is 2.92. The molecule has 0 radical (unpaired) electrons. The molecule has 6 nitrogen and oxygen atoms in total.